The molecular weight excluding hydrogens is 439 g/mol. The van der Waals surface area contributed by atoms with Crippen molar-refractivity contribution in [1.82, 2.24) is 9.80 Å². The van der Waals surface area contributed by atoms with Crippen LogP contribution in [0.3, 0.4) is 0 Å². The van der Waals surface area contributed by atoms with E-state index < -0.39 is 0 Å². The molecule has 0 spiro atoms. The van der Waals surface area contributed by atoms with Crippen LogP contribution >= 0.6 is 23.2 Å². The molecule has 0 radical (unpaired) electrons. The molecule has 2 aliphatic heterocycles. The number of aromatic hydroxyl groups is 1. The fourth-order valence-electron chi connectivity index (χ4n) is 3.79. The van der Waals surface area contributed by atoms with Crippen LogP contribution in [0.5, 0.6) is 5.75 Å². The van der Waals surface area contributed by atoms with Gasteiger partial charge in [-0.2, -0.15) is 0 Å². The number of rotatable bonds is 3. The lowest BCUT2D eigenvalue weighted by Gasteiger charge is -2.23. The molecule has 1 aromatic carbocycles. The standard InChI is InChI=1S/C14H17Cl2NO2.C9H17NO2/c15-12-3-4-13(19)11(14(12)16)8-10-2-1-6-17(9-18)7-5-10;1-9(2,3)12-8(11)10-6-4-5-7-10/h3-4,9-10,19H,1-2,5-8H2;4-7H2,1-3H3. The molecular formula is C23H34Cl2N2O4. The van der Waals surface area contributed by atoms with Crippen LogP contribution in [0.25, 0.3) is 0 Å². The molecule has 0 bridgehead atoms. The zero-order valence-electron chi connectivity index (χ0n) is 18.7. The Labute approximate surface area is 195 Å². The molecule has 2 heterocycles. The van der Waals surface area contributed by atoms with Crippen LogP contribution in [-0.4, -0.2) is 59.2 Å². The molecule has 2 fully saturated rings. The highest BCUT2D eigenvalue weighted by Gasteiger charge is 2.24. The van der Waals surface area contributed by atoms with Gasteiger partial charge in [-0.25, -0.2) is 4.79 Å². The topological polar surface area (TPSA) is 70.1 Å². The Morgan fingerprint density at radius 2 is 1.81 bits per heavy atom. The monoisotopic (exact) mass is 472 g/mol. The van der Waals surface area contributed by atoms with Crippen molar-refractivity contribution in [2.45, 2.75) is 64.9 Å². The second kappa shape index (κ2) is 11.8. The minimum atomic E-state index is -0.361. The number of nitrogens with zero attached hydrogens (tertiary/aromatic N) is 2. The van der Waals surface area contributed by atoms with E-state index in [-0.39, 0.29) is 17.4 Å². The second-order valence-corrected chi connectivity index (χ2v) is 9.96. The number of likely N-dealkylation sites (tertiary alicyclic amines) is 2. The Morgan fingerprint density at radius 1 is 1.13 bits per heavy atom. The third-order valence-electron chi connectivity index (χ3n) is 5.45. The summed E-state index contributed by atoms with van der Waals surface area (Å²) in [6.07, 6.45) is 6.62. The number of hydrogen-bond acceptors (Lipinski definition) is 4. The molecule has 2 saturated heterocycles. The number of halogens is 2. The van der Waals surface area contributed by atoms with Gasteiger partial charge in [-0.15, -0.1) is 0 Å². The van der Waals surface area contributed by atoms with E-state index in [1.54, 1.807) is 21.9 Å². The van der Waals surface area contributed by atoms with Gasteiger partial charge < -0.3 is 19.6 Å². The summed E-state index contributed by atoms with van der Waals surface area (Å²) in [5.41, 5.74) is 0.360. The molecule has 31 heavy (non-hydrogen) atoms. The number of hydrogen-bond donors (Lipinski definition) is 1. The molecule has 0 aliphatic carbocycles. The number of phenolic OH excluding ortho intramolecular Hbond substituents is 1. The van der Waals surface area contributed by atoms with Gasteiger partial charge in [0.05, 0.1) is 10.0 Å². The summed E-state index contributed by atoms with van der Waals surface area (Å²) in [6.45, 7) is 8.97. The molecule has 2 aliphatic rings. The fourth-order valence-corrected chi connectivity index (χ4v) is 4.20. The largest absolute Gasteiger partial charge is 0.508 e. The van der Waals surface area contributed by atoms with Crippen LogP contribution in [-0.2, 0) is 16.0 Å². The van der Waals surface area contributed by atoms with E-state index in [1.807, 2.05) is 20.8 Å². The zero-order chi connectivity index (χ0) is 23.0. The van der Waals surface area contributed by atoms with Crippen LogP contribution in [0.15, 0.2) is 12.1 Å². The van der Waals surface area contributed by atoms with Crippen LogP contribution in [0.1, 0.15) is 58.4 Å². The lowest BCUT2D eigenvalue weighted by atomic mass is 9.92. The lowest BCUT2D eigenvalue weighted by Crippen LogP contribution is -2.34. The van der Waals surface area contributed by atoms with Crippen LogP contribution < -0.4 is 0 Å². The van der Waals surface area contributed by atoms with Crippen molar-refractivity contribution < 1.29 is 19.4 Å². The molecule has 1 atom stereocenters. The first kappa shape index (κ1) is 25.6. The average molecular weight is 473 g/mol. The van der Waals surface area contributed by atoms with E-state index in [0.717, 1.165) is 70.3 Å². The van der Waals surface area contributed by atoms with Gasteiger partial charge in [0.1, 0.15) is 11.4 Å². The van der Waals surface area contributed by atoms with Gasteiger partial charge in [0.15, 0.2) is 0 Å². The highest BCUT2D eigenvalue weighted by Crippen LogP contribution is 2.35. The van der Waals surface area contributed by atoms with Crippen molar-refractivity contribution in [3.8, 4) is 5.75 Å². The minimum Gasteiger partial charge on any atom is -0.508 e. The summed E-state index contributed by atoms with van der Waals surface area (Å²) in [5.74, 6) is 0.623. The third-order valence-corrected chi connectivity index (χ3v) is 6.30. The highest BCUT2D eigenvalue weighted by molar-refractivity contribution is 6.42. The lowest BCUT2D eigenvalue weighted by molar-refractivity contribution is -0.118. The Kier molecular flexibility index (Phi) is 9.76. The van der Waals surface area contributed by atoms with Crippen molar-refractivity contribution in [2.24, 2.45) is 5.92 Å². The minimum absolute atomic E-state index is 0.167. The van der Waals surface area contributed by atoms with Gasteiger partial charge in [-0.05, 0) is 77.3 Å². The van der Waals surface area contributed by atoms with Gasteiger partial charge in [0.25, 0.3) is 0 Å². The predicted molar refractivity (Wildman–Crippen MR) is 124 cm³/mol. The fraction of sp³-hybridized carbons (Fsp3) is 0.652. The number of ether oxygens (including phenoxy) is 1. The molecule has 0 aromatic heterocycles. The SMILES string of the molecule is CC(C)(C)OC(=O)N1CCCC1.O=CN1CCCC(Cc2c(O)ccc(Cl)c2Cl)CC1. The first-order chi connectivity index (χ1) is 14.6. The molecule has 2 amide bonds. The van der Waals surface area contributed by atoms with Crippen molar-refractivity contribution in [3.63, 3.8) is 0 Å². The van der Waals surface area contributed by atoms with E-state index in [2.05, 4.69) is 0 Å². The van der Waals surface area contributed by atoms with Gasteiger partial charge in [0.2, 0.25) is 6.41 Å². The van der Waals surface area contributed by atoms with Gasteiger partial charge in [-0.3, -0.25) is 4.79 Å². The van der Waals surface area contributed by atoms with Crippen LogP contribution in [0, 0.1) is 5.92 Å². The first-order valence-electron chi connectivity index (χ1n) is 10.9. The van der Waals surface area contributed by atoms with Crippen molar-refractivity contribution in [3.05, 3.63) is 27.7 Å². The maximum Gasteiger partial charge on any atom is 0.410 e. The number of phenols is 1. The second-order valence-electron chi connectivity index (χ2n) is 9.18. The summed E-state index contributed by atoms with van der Waals surface area (Å²) in [6, 6.07) is 3.18. The van der Waals surface area contributed by atoms with E-state index >= 15 is 0 Å². The normalized spacial score (nSPS) is 19.3. The Balaban J connectivity index is 0.000000245. The van der Waals surface area contributed by atoms with Crippen molar-refractivity contribution >= 4 is 35.7 Å². The Bertz CT molecular complexity index is 746. The van der Waals surface area contributed by atoms with Crippen molar-refractivity contribution in [2.75, 3.05) is 26.2 Å². The maximum atomic E-state index is 11.4. The van der Waals surface area contributed by atoms with Crippen LogP contribution in [0.2, 0.25) is 10.0 Å². The van der Waals surface area contributed by atoms with Crippen LogP contribution in [0.4, 0.5) is 4.79 Å². The van der Waals surface area contributed by atoms with E-state index in [4.69, 9.17) is 27.9 Å². The molecule has 3 rings (SSSR count). The average Bonchev–Trinajstić information content (AvgIpc) is 3.15. The summed E-state index contributed by atoms with van der Waals surface area (Å²) >= 11 is 12.1. The Hall–Kier alpha value is -1.66. The number of carbonyl (C=O) groups excluding carboxylic acids is 2. The molecule has 1 unspecified atom stereocenters. The zero-order valence-corrected chi connectivity index (χ0v) is 20.2. The molecule has 0 saturated carbocycles. The predicted octanol–water partition coefficient (Wildman–Crippen LogP) is 5.52. The molecule has 1 aromatic rings. The molecule has 6 nitrogen and oxygen atoms in total. The van der Waals surface area contributed by atoms with E-state index in [0.29, 0.717) is 22.4 Å². The third kappa shape index (κ3) is 8.41. The number of benzene rings is 1. The van der Waals surface area contributed by atoms with E-state index in [1.165, 1.54) is 0 Å². The summed E-state index contributed by atoms with van der Waals surface area (Å²) in [7, 11) is 0. The summed E-state index contributed by atoms with van der Waals surface area (Å²) in [4.78, 5) is 25.7. The first-order valence-corrected chi connectivity index (χ1v) is 11.7. The highest BCUT2D eigenvalue weighted by atomic mass is 35.5. The summed E-state index contributed by atoms with van der Waals surface area (Å²) < 4.78 is 5.21. The van der Waals surface area contributed by atoms with Gasteiger partial charge in [-0.1, -0.05) is 23.2 Å². The Morgan fingerprint density at radius 3 is 2.42 bits per heavy atom. The van der Waals surface area contributed by atoms with E-state index in [9.17, 15) is 14.7 Å². The summed E-state index contributed by atoms with van der Waals surface area (Å²) in [5, 5.41) is 10.8. The number of amides is 2. The number of carbonyl (C=O) groups is 2. The van der Waals surface area contributed by atoms with Crippen molar-refractivity contribution in [1.29, 1.82) is 0 Å². The quantitative estimate of drug-likeness (QED) is 0.587. The molecule has 174 valence electrons. The van der Waals surface area contributed by atoms with Gasteiger partial charge in [0, 0.05) is 31.7 Å². The van der Waals surface area contributed by atoms with Gasteiger partial charge >= 0.3 is 6.09 Å². The maximum absolute atomic E-state index is 11.4. The molecule has 8 heteroatoms. The smallest absolute Gasteiger partial charge is 0.410 e. The molecule has 1 N–H and O–H groups in total.